The van der Waals surface area contributed by atoms with Gasteiger partial charge in [0, 0.05) is 38.4 Å². The number of carbonyl (C=O) groups excluding carboxylic acids is 2. The average Bonchev–Trinajstić information content (AvgIpc) is 2.64. The molecule has 7 nitrogen and oxygen atoms in total. The Bertz CT molecular complexity index is 623. The molecule has 0 radical (unpaired) electrons. The number of carbonyl (C=O) groups is 2. The average molecular weight is 367 g/mol. The summed E-state index contributed by atoms with van der Waals surface area (Å²) in [6, 6.07) is 3.35. The molecule has 3 rings (SSSR count). The number of amides is 2. The molecular formula is C17H23ClN4O3. The molecule has 0 aromatic carbocycles. The van der Waals surface area contributed by atoms with Gasteiger partial charge in [0.15, 0.2) is 0 Å². The van der Waals surface area contributed by atoms with Crippen LogP contribution in [-0.2, 0) is 14.3 Å². The van der Waals surface area contributed by atoms with Crippen LogP contribution in [0.5, 0.6) is 0 Å². The number of likely N-dealkylation sites (tertiary alicyclic amines) is 1. The summed E-state index contributed by atoms with van der Waals surface area (Å²) in [5, 5.41) is 3.32. The SMILES string of the molecule is NC1(C(=O)N2CCC(C(=O)Nc3ccc(Cl)cn3)CC2)CCOCC1. The van der Waals surface area contributed by atoms with Gasteiger partial charge in [0.05, 0.1) is 10.6 Å². The molecule has 2 amide bonds. The van der Waals surface area contributed by atoms with Crippen molar-refractivity contribution >= 4 is 29.2 Å². The normalized spacial score (nSPS) is 21.0. The Balaban J connectivity index is 1.51. The number of anilines is 1. The lowest BCUT2D eigenvalue weighted by Crippen LogP contribution is -2.59. The number of nitrogens with two attached hydrogens (primary N) is 1. The van der Waals surface area contributed by atoms with Gasteiger partial charge in [-0.3, -0.25) is 9.59 Å². The van der Waals surface area contributed by atoms with E-state index in [-0.39, 0.29) is 17.7 Å². The van der Waals surface area contributed by atoms with E-state index >= 15 is 0 Å². The number of piperidine rings is 1. The van der Waals surface area contributed by atoms with Crippen molar-refractivity contribution in [1.29, 1.82) is 0 Å². The number of nitrogens with one attached hydrogen (secondary N) is 1. The van der Waals surface area contributed by atoms with Crippen LogP contribution in [-0.4, -0.2) is 53.5 Å². The van der Waals surface area contributed by atoms with E-state index in [0.29, 0.717) is 62.8 Å². The quantitative estimate of drug-likeness (QED) is 0.843. The predicted octanol–water partition coefficient (Wildman–Crippen LogP) is 1.42. The van der Waals surface area contributed by atoms with Gasteiger partial charge in [0.2, 0.25) is 11.8 Å². The molecule has 2 aliphatic heterocycles. The molecule has 0 atom stereocenters. The summed E-state index contributed by atoms with van der Waals surface area (Å²) in [5.74, 6) is 0.255. The van der Waals surface area contributed by atoms with Gasteiger partial charge in [0.1, 0.15) is 5.82 Å². The Morgan fingerprint density at radius 3 is 2.56 bits per heavy atom. The van der Waals surface area contributed by atoms with Gasteiger partial charge >= 0.3 is 0 Å². The molecule has 8 heteroatoms. The molecule has 1 aromatic heterocycles. The molecule has 2 aliphatic rings. The maximum atomic E-state index is 12.7. The molecule has 3 heterocycles. The molecule has 2 fully saturated rings. The number of pyridine rings is 1. The van der Waals surface area contributed by atoms with Crippen LogP contribution < -0.4 is 11.1 Å². The number of hydrogen-bond donors (Lipinski definition) is 2. The minimum absolute atomic E-state index is 0.0194. The largest absolute Gasteiger partial charge is 0.381 e. The van der Waals surface area contributed by atoms with E-state index in [9.17, 15) is 9.59 Å². The number of nitrogens with zero attached hydrogens (tertiary/aromatic N) is 2. The first-order chi connectivity index (χ1) is 12.0. The van der Waals surface area contributed by atoms with Crippen molar-refractivity contribution in [2.75, 3.05) is 31.6 Å². The van der Waals surface area contributed by atoms with Crippen molar-refractivity contribution in [2.45, 2.75) is 31.2 Å². The number of hydrogen-bond acceptors (Lipinski definition) is 5. The fourth-order valence-corrected chi connectivity index (χ4v) is 3.40. The van der Waals surface area contributed by atoms with Crippen LogP contribution in [0.25, 0.3) is 0 Å². The minimum Gasteiger partial charge on any atom is -0.381 e. The fourth-order valence-electron chi connectivity index (χ4n) is 3.29. The van der Waals surface area contributed by atoms with Crippen LogP contribution in [0.3, 0.4) is 0 Å². The van der Waals surface area contributed by atoms with Gasteiger partial charge in [-0.25, -0.2) is 4.98 Å². The van der Waals surface area contributed by atoms with Gasteiger partial charge in [-0.05, 0) is 37.8 Å². The molecule has 1 aromatic rings. The summed E-state index contributed by atoms with van der Waals surface area (Å²) in [4.78, 5) is 30.9. The monoisotopic (exact) mass is 366 g/mol. The standard InChI is InChI=1S/C17H23ClN4O3/c18-13-1-2-14(20-11-13)21-15(23)12-3-7-22(8-4-12)16(24)17(19)5-9-25-10-6-17/h1-2,11-12H,3-10,19H2,(H,20,21,23). The molecule has 0 aliphatic carbocycles. The highest BCUT2D eigenvalue weighted by atomic mass is 35.5. The highest BCUT2D eigenvalue weighted by Gasteiger charge is 2.40. The highest BCUT2D eigenvalue weighted by molar-refractivity contribution is 6.30. The van der Waals surface area contributed by atoms with E-state index in [1.165, 1.54) is 6.20 Å². The number of rotatable bonds is 3. The van der Waals surface area contributed by atoms with Crippen LogP contribution in [0, 0.1) is 5.92 Å². The first-order valence-corrected chi connectivity index (χ1v) is 8.94. The highest BCUT2D eigenvalue weighted by Crippen LogP contribution is 2.25. The van der Waals surface area contributed by atoms with Crippen molar-refractivity contribution in [3.05, 3.63) is 23.4 Å². The molecule has 25 heavy (non-hydrogen) atoms. The van der Waals surface area contributed by atoms with Gasteiger partial charge in [0.25, 0.3) is 0 Å². The minimum atomic E-state index is -0.819. The summed E-state index contributed by atoms with van der Waals surface area (Å²) >= 11 is 5.79. The molecule has 0 unspecified atom stereocenters. The predicted molar refractivity (Wildman–Crippen MR) is 94.2 cm³/mol. The van der Waals surface area contributed by atoms with E-state index in [1.807, 2.05) is 0 Å². The van der Waals surface area contributed by atoms with Crippen molar-refractivity contribution < 1.29 is 14.3 Å². The third kappa shape index (κ3) is 4.29. The lowest BCUT2D eigenvalue weighted by Gasteiger charge is -2.39. The fraction of sp³-hybridized carbons (Fsp3) is 0.588. The summed E-state index contributed by atoms with van der Waals surface area (Å²) in [6.45, 7) is 2.14. The van der Waals surface area contributed by atoms with Crippen molar-refractivity contribution in [2.24, 2.45) is 11.7 Å². The Labute approximate surface area is 151 Å². The maximum Gasteiger partial charge on any atom is 0.242 e. The van der Waals surface area contributed by atoms with E-state index in [2.05, 4.69) is 10.3 Å². The molecule has 0 spiro atoms. The van der Waals surface area contributed by atoms with Crippen LogP contribution in [0.1, 0.15) is 25.7 Å². The molecule has 136 valence electrons. The summed E-state index contributed by atoms with van der Waals surface area (Å²) in [6.07, 6.45) is 3.84. The Hall–Kier alpha value is -1.70. The van der Waals surface area contributed by atoms with Crippen LogP contribution in [0.4, 0.5) is 5.82 Å². The van der Waals surface area contributed by atoms with Crippen LogP contribution >= 0.6 is 11.6 Å². The molecule has 2 saturated heterocycles. The molecular weight excluding hydrogens is 344 g/mol. The lowest BCUT2D eigenvalue weighted by atomic mass is 9.88. The molecule has 3 N–H and O–H groups in total. The molecule has 0 bridgehead atoms. The van der Waals surface area contributed by atoms with Gasteiger partial charge in [-0.15, -0.1) is 0 Å². The zero-order chi connectivity index (χ0) is 17.9. The van der Waals surface area contributed by atoms with E-state index in [0.717, 1.165) is 0 Å². The van der Waals surface area contributed by atoms with Crippen molar-refractivity contribution in [1.82, 2.24) is 9.88 Å². The summed E-state index contributed by atoms with van der Waals surface area (Å²) in [7, 11) is 0. The second-order valence-corrected chi connectivity index (χ2v) is 7.12. The van der Waals surface area contributed by atoms with E-state index < -0.39 is 5.54 Å². The maximum absolute atomic E-state index is 12.7. The number of halogens is 1. The second-order valence-electron chi connectivity index (χ2n) is 6.69. The number of aromatic nitrogens is 1. The summed E-state index contributed by atoms with van der Waals surface area (Å²) < 4.78 is 5.30. The first kappa shape index (κ1) is 18.1. The van der Waals surface area contributed by atoms with E-state index in [4.69, 9.17) is 22.1 Å². The van der Waals surface area contributed by atoms with Gasteiger partial charge < -0.3 is 20.7 Å². The third-order valence-corrected chi connectivity index (χ3v) is 5.17. The van der Waals surface area contributed by atoms with Crippen LogP contribution in [0.2, 0.25) is 5.02 Å². The Kier molecular flexibility index (Phi) is 5.56. The first-order valence-electron chi connectivity index (χ1n) is 8.56. The van der Waals surface area contributed by atoms with Crippen molar-refractivity contribution in [3.8, 4) is 0 Å². The van der Waals surface area contributed by atoms with E-state index in [1.54, 1.807) is 17.0 Å². The van der Waals surface area contributed by atoms with Crippen molar-refractivity contribution in [3.63, 3.8) is 0 Å². The second kappa shape index (κ2) is 7.68. The Morgan fingerprint density at radius 2 is 1.96 bits per heavy atom. The third-order valence-electron chi connectivity index (χ3n) is 4.94. The number of ether oxygens (including phenoxy) is 1. The topological polar surface area (TPSA) is 97.6 Å². The summed E-state index contributed by atoms with van der Waals surface area (Å²) in [5.41, 5.74) is 5.45. The van der Waals surface area contributed by atoms with Crippen LogP contribution in [0.15, 0.2) is 18.3 Å². The lowest BCUT2D eigenvalue weighted by molar-refractivity contribution is -0.143. The molecule has 0 saturated carbocycles. The smallest absolute Gasteiger partial charge is 0.242 e. The zero-order valence-corrected chi connectivity index (χ0v) is 14.8. The van der Waals surface area contributed by atoms with Gasteiger partial charge in [-0.1, -0.05) is 11.6 Å². The zero-order valence-electron chi connectivity index (χ0n) is 14.0. The Morgan fingerprint density at radius 1 is 1.28 bits per heavy atom. The van der Waals surface area contributed by atoms with Gasteiger partial charge in [-0.2, -0.15) is 0 Å².